The highest BCUT2D eigenvalue weighted by Gasteiger charge is 2.35. The summed E-state index contributed by atoms with van der Waals surface area (Å²) in [5.41, 5.74) is -0.259. The van der Waals surface area contributed by atoms with Gasteiger partial charge in [-0.15, -0.1) is 10.2 Å². The second-order valence-corrected chi connectivity index (χ2v) is 7.00. The highest BCUT2D eigenvalue weighted by molar-refractivity contribution is 5.81. The molecule has 1 fully saturated rings. The SMILES string of the molecule is CC(C)(C)C(=O)NCC1(Cc2nn[nH]n2)CCCCC1. The molecule has 20 heavy (non-hydrogen) atoms. The summed E-state index contributed by atoms with van der Waals surface area (Å²) in [6.45, 7) is 6.52. The minimum atomic E-state index is -0.345. The summed E-state index contributed by atoms with van der Waals surface area (Å²) in [5.74, 6) is 0.854. The Hall–Kier alpha value is -1.46. The van der Waals surface area contributed by atoms with Gasteiger partial charge in [-0.25, -0.2) is 0 Å². The van der Waals surface area contributed by atoms with Crippen LogP contribution in [0.2, 0.25) is 0 Å². The Bertz CT molecular complexity index is 429. The first-order valence-electron chi connectivity index (χ1n) is 7.42. The molecule has 1 aliphatic carbocycles. The summed E-state index contributed by atoms with van der Waals surface area (Å²) < 4.78 is 0. The molecule has 2 N–H and O–H groups in total. The predicted molar refractivity (Wildman–Crippen MR) is 75.9 cm³/mol. The number of carbonyl (C=O) groups excluding carboxylic acids is 1. The van der Waals surface area contributed by atoms with Crippen molar-refractivity contribution in [1.29, 1.82) is 0 Å². The van der Waals surface area contributed by atoms with Crippen LogP contribution in [0.5, 0.6) is 0 Å². The van der Waals surface area contributed by atoms with Gasteiger partial charge >= 0.3 is 0 Å². The Balaban J connectivity index is 2.02. The summed E-state index contributed by atoms with van der Waals surface area (Å²) in [5, 5.41) is 17.4. The Labute approximate surface area is 120 Å². The Morgan fingerprint density at radius 2 is 2.00 bits per heavy atom. The van der Waals surface area contributed by atoms with Crippen molar-refractivity contribution in [2.75, 3.05) is 6.54 Å². The minimum absolute atomic E-state index is 0.0863. The van der Waals surface area contributed by atoms with Crippen molar-refractivity contribution in [3.63, 3.8) is 0 Å². The van der Waals surface area contributed by atoms with Gasteiger partial charge < -0.3 is 5.32 Å². The van der Waals surface area contributed by atoms with Crippen LogP contribution in [0, 0.1) is 10.8 Å². The van der Waals surface area contributed by atoms with Gasteiger partial charge in [0.2, 0.25) is 5.91 Å². The zero-order valence-corrected chi connectivity index (χ0v) is 12.7. The van der Waals surface area contributed by atoms with Crippen molar-refractivity contribution >= 4 is 5.91 Å². The minimum Gasteiger partial charge on any atom is -0.355 e. The molecular formula is C14H25N5O. The first kappa shape index (κ1) is 14.9. The van der Waals surface area contributed by atoms with E-state index in [2.05, 4.69) is 25.9 Å². The van der Waals surface area contributed by atoms with Crippen LogP contribution in [-0.2, 0) is 11.2 Å². The van der Waals surface area contributed by atoms with Gasteiger partial charge in [0.05, 0.1) is 0 Å². The largest absolute Gasteiger partial charge is 0.355 e. The predicted octanol–water partition coefficient (Wildman–Crippen LogP) is 1.85. The van der Waals surface area contributed by atoms with Crippen LogP contribution < -0.4 is 5.32 Å². The van der Waals surface area contributed by atoms with Crippen LogP contribution in [0.4, 0.5) is 0 Å². The maximum absolute atomic E-state index is 12.1. The smallest absolute Gasteiger partial charge is 0.225 e. The maximum atomic E-state index is 12.1. The number of tetrazole rings is 1. The summed E-state index contributed by atoms with van der Waals surface area (Å²) in [6, 6.07) is 0. The van der Waals surface area contributed by atoms with Crippen molar-refractivity contribution in [2.24, 2.45) is 10.8 Å². The standard InChI is InChI=1S/C14H25N5O/c1-13(2,3)12(20)15-10-14(7-5-4-6-8-14)9-11-16-18-19-17-11/h4-10H2,1-3H3,(H,15,20)(H,16,17,18,19). The van der Waals surface area contributed by atoms with E-state index in [1.165, 1.54) is 19.3 Å². The highest BCUT2D eigenvalue weighted by Crippen LogP contribution is 2.38. The van der Waals surface area contributed by atoms with E-state index in [1.807, 2.05) is 20.8 Å². The molecule has 6 nitrogen and oxygen atoms in total. The van der Waals surface area contributed by atoms with Gasteiger partial charge in [0.1, 0.15) is 0 Å². The van der Waals surface area contributed by atoms with Gasteiger partial charge in [0.15, 0.2) is 5.82 Å². The molecule has 0 aliphatic heterocycles. The van der Waals surface area contributed by atoms with Crippen LogP contribution in [0.15, 0.2) is 0 Å². The van der Waals surface area contributed by atoms with Gasteiger partial charge in [0.25, 0.3) is 0 Å². The number of hydrogen-bond acceptors (Lipinski definition) is 4. The van der Waals surface area contributed by atoms with Crippen LogP contribution in [0.25, 0.3) is 0 Å². The van der Waals surface area contributed by atoms with Crippen LogP contribution in [0.1, 0.15) is 58.7 Å². The summed E-state index contributed by atoms with van der Waals surface area (Å²) in [7, 11) is 0. The lowest BCUT2D eigenvalue weighted by molar-refractivity contribution is -0.129. The molecule has 1 amide bonds. The molecule has 1 aromatic heterocycles. The molecule has 0 radical (unpaired) electrons. The van der Waals surface area contributed by atoms with E-state index in [9.17, 15) is 4.79 Å². The first-order valence-corrected chi connectivity index (χ1v) is 7.42. The second kappa shape index (κ2) is 5.89. The fourth-order valence-corrected chi connectivity index (χ4v) is 2.84. The van der Waals surface area contributed by atoms with Crippen molar-refractivity contribution in [1.82, 2.24) is 25.9 Å². The molecule has 1 aromatic rings. The van der Waals surface area contributed by atoms with Gasteiger partial charge in [-0.2, -0.15) is 5.21 Å². The Morgan fingerprint density at radius 3 is 2.55 bits per heavy atom. The Morgan fingerprint density at radius 1 is 1.30 bits per heavy atom. The third kappa shape index (κ3) is 3.77. The van der Waals surface area contributed by atoms with E-state index in [0.717, 1.165) is 25.1 Å². The average Bonchev–Trinajstić information content (AvgIpc) is 2.88. The number of rotatable bonds is 4. The fourth-order valence-electron chi connectivity index (χ4n) is 2.84. The van der Waals surface area contributed by atoms with E-state index >= 15 is 0 Å². The number of aromatic amines is 1. The van der Waals surface area contributed by atoms with Crippen molar-refractivity contribution in [3.8, 4) is 0 Å². The van der Waals surface area contributed by atoms with E-state index in [-0.39, 0.29) is 16.7 Å². The van der Waals surface area contributed by atoms with Crippen LogP contribution >= 0.6 is 0 Å². The van der Waals surface area contributed by atoms with Gasteiger partial charge in [-0.05, 0) is 18.3 Å². The van der Waals surface area contributed by atoms with Gasteiger partial charge in [-0.1, -0.05) is 45.2 Å². The number of nitrogens with zero attached hydrogens (tertiary/aromatic N) is 3. The van der Waals surface area contributed by atoms with E-state index < -0.39 is 0 Å². The third-order valence-corrected chi connectivity index (χ3v) is 4.14. The second-order valence-electron chi connectivity index (χ2n) is 7.00. The topological polar surface area (TPSA) is 83.6 Å². The quantitative estimate of drug-likeness (QED) is 0.881. The lowest BCUT2D eigenvalue weighted by Crippen LogP contribution is -2.44. The van der Waals surface area contributed by atoms with Crippen LogP contribution in [-0.4, -0.2) is 33.1 Å². The molecule has 1 aliphatic rings. The third-order valence-electron chi connectivity index (χ3n) is 4.14. The summed E-state index contributed by atoms with van der Waals surface area (Å²) in [6.07, 6.45) is 6.72. The molecule has 0 atom stereocenters. The molecular weight excluding hydrogens is 254 g/mol. The molecule has 0 saturated heterocycles. The molecule has 0 spiro atoms. The lowest BCUT2D eigenvalue weighted by atomic mass is 9.71. The molecule has 112 valence electrons. The molecule has 6 heteroatoms. The zero-order chi connectivity index (χ0) is 14.6. The Kier molecular flexibility index (Phi) is 4.40. The number of carbonyl (C=O) groups is 1. The summed E-state index contributed by atoms with van der Waals surface area (Å²) in [4.78, 5) is 12.1. The first-order chi connectivity index (χ1) is 9.41. The molecule has 1 heterocycles. The zero-order valence-electron chi connectivity index (χ0n) is 12.7. The van der Waals surface area contributed by atoms with Gasteiger partial charge in [-0.3, -0.25) is 4.79 Å². The lowest BCUT2D eigenvalue weighted by Gasteiger charge is -2.37. The van der Waals surface area contributed by atoms with Crippen LogP contribution in [0.3, 0.4) is 0 Å². The number of hydrogen-bond donors (Lipinski definition) is 2. The number of aromatic nitrogens is 4. The average molecular weight is 279 g/mol. The van der Waals surface area contributed by atoms with E-state index in [4.69, 9.17) is 0 Å². The molecule has 1 saturated carbocycles. The highest BCUT2D eigenvalue weighted by atomic mass is 16.2. The monoisotopic (exact) mass is 279 g/mol. The number of nitrogens with one attached hydrogen (secondary N) is 2. The van der Waals surface area contributed by atoms with Crippen molar-refractivity contribution in [2.45, 2.75) is 59.3 Å². The summed E-state index contributed by atoms with van der Waals surface area (Å²) >= 11 is 0. The molecule has 0 aromatic carbocycles. The fraction of sp³-hybridized carbons (Fsp3) is 0.857. The van der Waals surface area contributed by atoms with E-state index in [0.29, 0.717) is 6.54 Å². The number of amides is 1. The van der Waals surface area contributed by atoms with E-state index in [1.54, 1.807) is 0 Å². The normalized spacial score (nSPS) is 18.8. The number of H-pyrrole nitrogens is 1. The molecule has 0 bridgehead atoms. The van der Waals surface area contributed by atoms with Gasteiger partial charge in [0, 0.05) is 18.4 Å². The van der Waals surface area contributed by atoms with Crippen molar-refractivity contribution < 1.29 is 4.79 Å². The van der Waals surface area contributed by atoms with Crippen molar-refractivity contribution in [3.05, 3.63) is 5.82 Å². The molecule has 2 rings (SSSR count). The molecule has 0 unspecified atom stereocenters. The maximum Gasteiger partial charge on any atom is 0.225 e.